The van der Waals surface area contributed by atoms with E-state index in [0.29, 0.717) is 44.2 Å². The molecule has 1 fully saturated rings. The molecule has 0 saturated carbocycles. The molecular weight excluding hydrogens is 470 g/mol. The number of nitriles is 1. The molecule has 0 radical (unpaired) electrons. The molecule has 0 spiro atoms. The number of pyridine rings is 1. The quantitative estimate of drug-likeness (QED) is 0.366. The molecule has 188 valence electrons. The van der Waals surface area contributed by atoms with E-state index in [4.69, 9.17) is 13.6 Å². The summed E-state index contributed by atoms with van der Waals surface area (Å²) in [6.45, 7) is 3.52. The summed E-state index contributed by atoms with van der Waals surface area (Å²) in [5, 5.41) is 12.7. The molecule has 1 aliphatic heterocycles. The second-order valence-corrected chi connectivity index (χ2v) is 8.94. The van der Waals surface area contributed by atoms with E-state index in [2.05, 4.69) is 21.4 Å². The largest absolute Gasteiger partial charge is 0.487 e. The maximum Gasteiger partial charge on any atom is 0.266 e. The molecule has 0 aliphatic carbocycles. The number of furan rings is 1. The summed E-state index contributed by atoms with van der Waals surface area (Å²) < 4.78 is 17.1. The van der Waals surface area contributed by atoms with E-state index in [0.717, 1.165) is 17.0 Å². The fourth-order valence-electron chi connectivity index (χ4n) is 4.38. The zero-order chi connectivity index (χ0) is 25.6. The molecule has 5 rings (SSSR count). The summed E-state index contributed by atoms with van der Waals surface area (Å²) in [5.41, 5.74) is 2.04. The van der Waals surface area contributed by atoms with Gasteiger partial charge in [0.05, 0.1) is 18.0 Å². The minimum Gasteiger partial charge on any atom is -0.487 e. The minimum atomic E-state index is -0.167. The van der Waals surface area contributed by atoms with Gasteiger partial charge in [-0.25, -0.2) is 0 Å². The highest BCUT2D eigenvalue weighted by Gasteiger charge is 2.30. The Morgan fingerprint density at radius 3 is 2.81 bits per heavy atom. The fourth-order valence-corrected chi connectivity index (χ4v) is 4.38. The van der Waals surface area contributed by atoms with E-state index in [1.54, 1.807) is 18.3 Å². The number of benzene rings is 1. The standard InChI is InChI=1S/C28H27N5O4/c1-19(21-6-4-8-23(16-21)36-18-22-7-2-3-12-30-22)31-26(34)20-10-13-33(14-11-20)28-24(17-29)32-27(37-28)25-9-5-15-35-25/h2-9,12,15-16,19-20H,10-11,13-14,18H2,1H3,(H,31,34). The number of amides is 1. The average molecular weight is 498 g/mol. The molecule has 37 heavy (non-hydrogen) atoms. The lowest BCUT2D eigenvalue weighted by molar-refractivity contribution is -0.126. The van der Waals surface area contributed by atoms with Gasteiger partial charge in [0.1, 0.15) is 18.4 Å². The number of piperidine rings is 1. The van der Waals surface area contributed by atoms with Crippen LogP contribution in [-0.2, 0) is 11.4 Å². The number of carbonyl (C=O) groups is 1. The van der Waals surface area contributed by atoms with Gasteiger partial charge in [0.15, 0.2) is 5.76 Å². The van der Waals surface area contributed by atoms with Gasteiger partial charge in [-0.05, 0) is 61.7 Å². The molecule has 1 unspecified atom stereocenters. The molecular formula is C28H27N5O4. The van der Waals surface area contributed by atoms with Crippen LogP contribution in [0.2, 0.25) is 0 Å². The predicted molar refractivity (Wildman–Crippen MR) is 135 cm³/mol. The summed E-state index contributed by atoms with van der Waals surface area (Å²) in [4.78, 5) is 23.5. The van der Waals surface area contributed by atoms with Gasteiger partial charge in [0, 0.05) is 25.2 Å². The lowest BCUT2D eigenvalue weighted by Crippen LogP contribution is -2.41. The van der Waals surface area contributed by atoms with Crippen LogP contribution < -0.4 is 15.0 Å². The summed E-state index contributed by atoms with van der Waals surface area (Å²) in [7, 11) is 0. The Morgan fingerprint density at radius 2 is 2.08 bits per heavy atom. The molecule has 1 N–H and O–H groups in total. The predicted octanol–water partition coefficient (Wildman–Crippen LogP) is 4.87. The molecule has 4 aromatic rings. The van der Waals surface area contributed by atoms with Crippen LogP contribution in [0.5, 0.6) is 5.75 Å². The second-order valence-electron chi connectivity index (χ2n) is 8.94. The lowest BCUT2D eigenvalue weighted by atomic mass is 9.95. The van der Waals surface area contributed by atoms with E-state index in [-0.39, 0.29) is 29.5 Å². The number of hydrogen-bond acceptors (Lipinski definition) is 8. The highest BCUT2D eigenvalue weighted by atomic mass is 16.5. The molecule has 1 atom stereocenters. The molecule has 9 nitrogen and oxygen atoms in total. The second kappa shape index (κ2) is 11.0. The number of carbonyl (C=O) groups excluding carboxylic acids is 1. The topological polar surface area (TPSA) is 117 Å². The Hall–Kier alpha value is -4.58. The number of aromatic nitrogens is 2. The number of ether oxygens (including phenoxy) is 1. The number of rotatable bonds is 8. The van der Waals surface area contributed by atoms with E-state index < -0.39 is 0 Å². The van der Waals surface area contributed by atoms with Crippen LogP contribution in [0.4, 0.5) is 5.88 Å². The van der Waals surface area contributed by atoms with Crippen LogP contribution in [-0.4, -0.2) is 29.0 Å². The van der Waals surface area contributed by atoms with Gasteiger partial charge in [0.25, 0.3) is 5.89 Å². The molecule has 1 aromatic carbocycles. The summed E-state index contributed by atoms with van der Waals surface area (Å²) in [6.07, 6.45) is 4.56. The average Bonchev–Trinajstić information content (AvgIpc) is 3.63. The van der Waals surface area contributed by atoms with Crippen molar-refractivity contribution >= 4 is 11.8 Å². The molecule has 4 heterocycles. The smallest absolute Gasteiger partial charge is 0.266 e. The van der Waals surface area contributed by atoms with Gasteiger partial charge in [0.2, 0.25) is 17.5 Å². The number of hydrogen-bond donors (Lipinski definition) is 1. The van der Waals surface area contributed by atoms with E-state index >= 15 is 0 Å². The highest BCUT2D eigenvalue weighted by Crippen LogP contribution is 2.31. The van der Waals surface area contributed by atoms with Gasteiger partial charge in [-0.1, -0.05) is 18.2 Å². The number of nitrogens with one attached hydrogen (secondary N) is 1. The first-order valence-corrected chi connectivity index (χ1v) is 12.2. The Balaban J connectivity index is 1.15. The summed E-state index contributed by atoms with van der Waals surface area (Å²) in [6, 6.07) is 18.9. The van der Waals surface area contributed by atoms with Gasteiger partial charge in [-0.15, -0.1) is 0 Å². The Kier molecular flexibility index (Phi) is 7.17. The van der Waals surface area contributed by atoms with E-state index in [1.807, 2.05) is 54.3 Å². The number of nitrogens with zero attached hydrogens (tertiary/aromatic N) is 4. The molecule has 1 saturated heterocycles. The molecule has 3 aromatic heterocycles. The first kappa shape index (κ1) is 24.1. The van der Waals surface area contributed by atoms with Gasteiger partial charge >= 0.3 is 0 Å². The van der Waals surface area contributed by atoms with Crippen molar-refractivity contribution in [3.8, 4) is 23.5 Å². The monoisotopic (exact) mass is 497 g/mol. The van der Waals surface area contributed by atoms with Crippen molar-refractivity contribution in [2.24, 2.45) is 5.92 Å². The van der Waals surface area contributed by atoms with E-state index in [9.17, 15) is 10.1 Å². The zero-order valence-corrected chi connectivity index (χ0v) is 20.5. The van der Waals surface area contributed by atoms with E-state index in [1.165, 1.54) is 6.26 Å². The van der Waals surface area contributed by atoms with Crippen molar-refractivity contribution in [1.82, 2.24) is 15.3 Å². The third kappa shape index (κ3) is 5.64. The maximum atomic E-state index is 13.0. The fraction of sp³-hybridized carbons (Fsp3) is 0.286. The maximum absolute atomic E-state index is 13.0. The summed E-state index contributed by atoms with van der Waals surface area (Å²) in [5.74, 6) is 1.78. The Labute approximate surface area is 214 Å². The summed E-state index contributed by atoms with van der Waals surface area (Å²) >= 11 is 0. The van der Waals surface area contributed by atoms with Gasteiger partial charge < -0.3 is 23.8 Å². The first-order chi connectivity index (χ1) is 18.1. The van der Waals surface area contributed by atoms with Gasteiger partial charge in [-0.2, -0.15) is 10.2 Å². The van der Waals surface area contributed by atoms with Crippen LogP contribution in [0.25, 0.3) is 11.7 Å². The van der Waals surface area contributed by atoms with Crippen LogP contribution in [0.3, 0.4) is 0 Å². The minimum absolute atomic E-state index is 0.0151. The van der Waals surface area contributed by atoms with Crippen molar-refractivity contribution in [2.75, 3.05) is 18.0 Å². The van der Waals surface area contributed by atoms with Crippen molar-refractivity contribution in [1.29, 1.82) is 5.26 Å². The van der Waals surface area contributed by atoms with Crippen LogP contribution in [0.15, 0.2) is 75.9 Å². The van der Waals surface area contributed by atoms with Crippen LogP contribution >= 0.6 is 0 Å². The lowest BCUT2D eigenvalue weighted by Gasteiger charge is -2.31. The van der Waals surface area contributed by atoms with Gasteiger partial charge in [-0.3, -0.25) is 9.78 Å². The Morgan fingerprint density at radius 1 is 1.22 bits per heavy atom. The number of anilines is 1. The Bertz CT molecular complexity index is 1370. The highest BCUT2D eigenvalue weighted by molar-refractivity contribution is 5.79. The SMILES string of the molecule is CC(NC(=O)C1CCN(c2oc(-c3ccco3)nc2C#N)CC1)c1cccc(OCc2ccccn2)c1. The third-order valence-corrected chi connectivity index (χ3v) is 6.43. The van der Waals surface area contributed by atoms with Crippen molar-refractivity contribution in [2.45, 2.75) is 32.4 Å². The molecule has 9 heteroatoms. The van der Waals surface area contributed by atoms with Crippen molar-refractivity contribution < 1.29 is 18.4 Å². The zero-order valence-electron chi connectivity index (χ0n) is 20.5. The van der Waals surface area contributed by atoms with Crippen LogP contribution in [0.1, 0.15) is 42.8 Å². The molecule has 0 bridgehead atoms. The third-order valence-electron chi connectivity index (χ3n) is 6.43. The first-order valence-electron chi connectivity index (χ1n) is 12.2. The molecule has 1 aliphatic rings. The normalized spacial score (nSPS) is 14.6. The van der Waals surface area contributed by atoms with Crippen LogP contribution in [0, 0.1) is 17.2 Å². The number of oxazole rings is 1. The van der Waals surface area contributed by atoms with Crippen molar-refractivity contribution in [3.63, 3.8) is 0 Å². The van der Waals surface area contributed by atoms with Crippen molar-refractivity contribution in [3.05, 3.63) is 84.0 Å². The molecule has 1 amide bonds.